The minimum Gasteiger partial charge on any atom is -0.496 e. The third-order valence-corrected chi connectivity index (χ3v) is 11.0. The molecule has 242 valence electrons. The molecule has 4 aromatic rings. The highest BCUT2D eigenvalue weighted by Crippen LogP contribution is 2.48. The number of rotatable bonds is 14. The van der Waals surface area contributed by atoms with E-state index in [1.54, 1.807) is 28.4 Å². The van der Waals surface area contributed by atoms with Crippen molar-refractivity contribution in [3.8, 4) is 23.0 Å². The molecular formula is C37H46N2O5PSi+. The van der Waals surface area contributed by atoms with Gasteiger partial charge in [0.1, 0.15) is 23.0 Å². The molecule has 0 N–H and O–H groups in total. The summed E-state index contributed by atoms with van der Waals surface area (Å²) in [5.74, 6) is 3.11. The second-order valence-corrected chi connectivity index (χ2v) is 19.2. The Morgan fingerprint density at radius 3 is 1.65 bits per heavy atom. The number of hydrogen-bond donors (Lipinski definition) is 0. The van der Waals surface area contributed by atoms with Crippen molar-refractivity contribution in [2.45, 2.75) is 38.7 Å². The van der Waals surface area contributed by atoms with E-state index >= 15 is 0 Å². The number of nitrogens with zero attached hydrogens (tertiary/aromatic N) is 2. The Kier molecular flexibility index (Phi) is 12.4. The number of allylic oxidation sites excluding steroid dienone is 1. The highest BCUT2D eigenvalue weighted by molar-refractivity contribution is 7.72. The smallest absolute Gasteiger partial charge is 0.220 e. The Morgan fingerprint density at radius 1 is 0.717 bits per heavy atom. The van der Waals surface area contributed by atoms with Gasteiger partial charge >= 0.3 is 0 Å². The summed E-state index contributed by atoms with van der Waals surface area (Å²) in [7, 11) is 3.73. The van der Waals surface area contributed by atoms with E-state index in [0.29, 0.717) is 35.5 Å². The topological polar surface area (TPSA) is 62.4 Å². The minimum absolute atomic E-state index is 0.0284. The zero-order chi connectivity index (χ0) is 33.1. The van der Waals surface area contributed by atoms with Crippen LogP contribution < -0.4 is 34.1 Å². The molecule has 0 saturated carbocycles. The fourth-order valence-electron chi connectivity index (χ4n) is 4.97. The summed E-state index contributed by atoms with van der Waals surface area (Å²) in [6, 6.07) is 28.7. The van der Waals surface area contributed by atoms with E-state index in [1.807, 2.05) is 84.9 Å². The first kappa shape index (κ1) is 34.7. The van der Waals surface area contributed by atoms with Crippen LogP contribution in [0.2, 0.25) is 25.7 Å². The van der Waals surface area contributed by atoms with E-state index in [-0.39, 0.29) is 6.04 Å². The van der Waals surface area contributed by atoms with Crippen LogP contribution in [0.3, 0.4) is 0 Å². The molecule has 46 heavy (non-hydrogen) atoms. The summed E-state index contributed by atoms with van der Waals surface area (Å²) < 4.78 is 38.1. The van der Waals surface area contributed by atoms with Gasteiger partial charge in [0.25, 0.3) is 0 Å². The largest absolute Gasteiger partial charge is 0.496 e. The molecule has 7 nitrogen and oxygen atoms in total. The Balaban J connectivity index is 1.92. The Labute approximate surface area is 276 Å². The second-order valence-electron chi connectivity index (χ2n) is 12.0. The molecule has 0 aliphatic heterocycles. The van der Waals surface area contributed by atoms with E-state index in [4.69, 9.17) is 28.4 Å². The van der Waals surface area contributed by atoms with E-state index in [2.05, 4.69) is 49.6 Å². The molecule has 0 bridgehead atoms. The van der Waals surface area contributed by atoms with Crippen molar-refractivity contribution < 1.29 is 28.3 Å². The molecular weight excluding hydrogens is 611 g/mol. The first-order chi connectivity index (χ1) is 22.2. The lowest BCUT2D eigenvalue weighted by Gasteiger charge is -2.24. The molecule has 1 atom stereocenters. The van der Waals surface area contributed by atoms with Crippen molar-refractivity contribution in [1.29, 1.82) is 0 Å². The van der Waals surface area contributed by atoms with Crippen LogP contribution in [-0.2, 0) is 4.74 Å². The van der Waals surface area contributed by atoms with Gasteiger partial charge in [0.05, 0.1) is 47.1 Å². The van der Waals surface area contributed by atoms with Crippen LogP contribution in [0.1, 0.15) is 18.5 Å². The second kappa shape index (κ2) is 16.4. The van der Waals surface area contributed by atoms with Crippen LogP contribution in [0, 0.1) is 0 Å². The first-order valence-corrected chi connectivity index (χ1v) is 20.3. The lowest BCUT2D eigenvalue weighted by molar-refractivity contribution is -0.715. The molecule has 0 aliphatic carbocycles. The van der Waals surface area contributed by atoms with Gasteiger partial charge in [-0.05, 0) is 54.9 Å². The summed E-state index contributed by atoms with van der Waals surface area (Å²) in [6.45, 7) is 9.74. The maximum atomic E-state index is 6.82. The summed E-state index contributed by atoms with van der Waals surface area (Å²) >= 11 is 0. The van der Waals surface area contributed by atoms with E-state index in [9.17, 15) is 0 Å². The molecule has 0 radical (unpaired) electrons. The van der Waals surface area contributed by atoms with Crippen molar-refractivity contribution in [2.24, 2.45) is 4.76 Å². The number of pyridine rings is 1. The molecule has 0 aliphatic rings. The molecule has 0 spiro atoms. The van der Waals surface area contributed by atoms with Crippen molar-refractivity contribution in [3.63, 3.8) is 0 Å². The van der Waals surface area contributed by atoms with Crippen molar-refractivity contribution in [3.05, 3.63) is 115 Å². The maximum absolute atomic E-state index is 6.82. The standard InChI is InChI=1S/C37H46N2O5PSi/c1-28(23-26-46(6,7)8)30(39-24-13-10-14-25-39)27-44-37(29-17-11-9-12-18-29)38-45(35-31(40-2)19-15-20-32(35)41-3)36-33(42-4)21-16-22-34(36)43-5/h9-25,30H,26-27H2,1-8H3/q+1/b28-23+,38-37?/t30-/m1/s1. The van der Waals surface area contributed by atoms with Crippen LogP contribution >= 0.6 is 8.07 Å². The predicted molar refractivity (Wildman–Crippen MR) is 192 cm³/mol. The summed E-state index contributed by atoms with van der Waals surface area (Å²) in [6.07, 6.45) is 6.56. The fraction of sp³-hybridized carbons (Fsp3) is 0.297. The summed E-state index contributed by atoms with van der Waals surface area (Å²) in [5.41, 5.74) is 2.12. The fourth-order valence-corrected chi connectivity index (χ4v) is 8.18. The highest BCUT2D eigenvalue weighted by Gasteiger charge is 2.31. The highest BCUT2D eigenvalue weighted by atomic mass is 31.1. The monoisotopic (exact) mass is 657 g/mol. The number of methoxy groups -OCH3 is 4. The van der Waals surface area contributed by atoms with Crippen LogP contribution in [0.25, 0.3) is 0 Å². The van der Waals surface area contributed by atoms with Gasteiger partial charge in [-0.25, -0.2) is 4.76 Å². The molecule has 1 aromatic heterocycles. The van der Waals surface area contributed by atoms with E-state index < -0.39 is 16.1 Å². The Bertz CT molecular complexity index is 1520. The lowest BCUT2D eigenvalue weighted by atomic mass is 10.1. The molecule has 3 aromatic carbocycles. The third kappa shape index (κ3) is 8.77. The molecule has 4 rings (SSSR count). The Hall–Kier alpha value is -4.13. The van der Waals surface area contributed by atoms with Gasteiger partial charge in [-0.15, -0.1) is 0 Å². The van der Waals surface area contributed by atoms with Gasteiger partial charge < -0.3 is 23.7 Å². The number of aromatic nitrogens is 1. The number of benzene rings is 3. The van der Waals surface area contributed by atoms with Gasteiger partial charge in [-0.1, -0.05) is 62.1 Å². The van der Waals surface area contributed by atoms with Gasteiger partial charge in [-0.3, -0.25) is 0 Å². The number of ether oxygens (including phenoxy) is 5. The molecule has 0 fully saturated rings. The van der Waals surface area contributed by atoms with Crippen molar-refractivity contribution in [1.82, 2.24) is 0 Å². The molecule has 0 amide bonds. The minimum atomic E-state index is -1.60. The first-order valence-electron chi connectivity index (χ1n) is 15.3. The van der Waals surface area contributed by atoms with Crippen molar-refractivity contribution >= 4 is 32.7 Å². The normalized spacial score (nSPS) is 12.9. The third-order valence-electron chi connectivity index (χ3n) is 7.48. The summed E-state index contributed by atoms with van der Waals surface area (Å²) in [4.78, 5) is 0. The average molecular weight is 658 g/mol. The van der Waals surface area contributed by atoms with E-state index in [1.165, 1.54) is 5.57 Å². The van der Waals surface area contributed by atoms with Crippen LogP contribution in [-0.4, -0.2) is 49.0 Å². The molecule has 1 heterocycles. The van der Waals surface area contributed by atoms with Gasteiger partial charge in [0, 0.05) is 25.8 Å². The van der Waals surface area contributed by atoms with Crippen molar-refractivity contribution in [2.75, 3.05) is 35.0 Å². The zero-order valence-corrected chi connectivity index (χ0v) is 30.1. The van der Waals surface area contributed by atoms with Gasteiger partial charge in [0.15, 0.2) is 19.0 Å². The average Bonchev–Trinajstić information content (AvgIpc) is 3.08. The van der Waals surface area contributed by atoms with Crippen LogP contribution in [0.5, 0.6) is 23.0 Å². The van der Waals surface area contributed by atoms with Gasteiger partial charge in [-0.2, -0.15) is 4.57 Å². The van der Waals surface area contributed by atoms with Crippen LogP contribution in [0.4, 0.5) is 0 Å². The predicted octanol–water partition coefficient (Wildman–Crippen LogP) is 7.35. The molecule has 0 unspecified atom stereocenters. The Morgan fingerprint density at radius 2 is 1.20 bits per heavy atom. The zero-order valence-electron chi connectivity index (χ0n) is 28.2. The van der Waals surface area contributed by atoms with Gasteiger partial charge in [0.2, 0.25) is 11.9 Å². The van der Waals surface area contributed by atoms with E-state index in [0.717, 1.165) is 22.2 Å². The SMILES string of the molecule is COc1cccc(OC)c1P(N=C(OC[C@H](/C(C)=C/C[Si](C)(C)C)[n+]1ccccc1)c1ccccc1)c1c(OC)cccc1OC. The summed E-state index contributed by atoms with van der Waals surface area (Å²) in [5, 5.41) is 1.59. The maximum Gasteiger partial charge on any atom is 0.220 e. The van der Waals surface area contributed by atoms with Crippen LogP contribution in [0.15, 0.2) is 114 Å². The molecule has 0 saturated heterocycles. The number of hydrogen-bond acceptors (Lipinski definition) is 6. The quantitative estimate of drug-likeness (QED) is 0.0355. The molecule has 9 heteroatoms. The lowest BCUT2D eigenvalue weighted by Crippen LogP contribution is -2.42.